The Morgan fingerprint density at radius 1 is 0.917 bits per heavy atom. The van der Waals surface area contributed by atoms with Crippen LogP contribution in [0.3, 0.4) is 0 Å². The molecule has 3 saturated heterocycles. The molecule has 1 saturated carbocycles. The standard InChI is InChI=1S/C19H34N4O/c24-19(23-9-3-5-16-4-1-2-6-18(16)23)15-21-10-12-22(13-11-21)17-7-8-20-14-17/h16-18,20H,1-15H2. The number of fused-ring (bicyclic) bond motifs is 1. The number of amides is 1. The molecule has 4 rings (SSSR count). The Morgan fingerprint density at radius 2 is 1.71 bits per heavy atom. The number of carbonyl (C=O) groups is 1. The van der Waals surface area contributed by atoms with Crippen LogP contribution in [0.15, 0.2) is 0 Å². The molecule has 5 nitrogen and oxygen atoms in total. The minimum atomic E-state index is 0.405. The van der Waals surface area contributed by atoms with Gasteiger partial charge >= 0.3 is 0 Å². The van der Waals surface area contributed by atoms with E-state index in [0.717, 1.165) is 51.2 Å². The average Bonchev–Trinajstić information content (AvgIpc) is 3.16. The average molecular weight is 335 g/mol. The van der Waals surface area contributed by atoms with Crippen molar-refractivity contribution in [2.45, 2.75) is 57.0 Å². The van der Waals surface area contributed by atoms with Crippen LogP contribution in [0, 0.1) is 5.92 Å². The molecule has 4 fully saturated rings. The van der Waals surface area contributed by atoms with Crippen molar-refractivity contribution in [3.8, 4) is 0 Å². The summed E-state index contributed by atoms with van der Waals surface area (Å²) in [4.78, 5) is 20.2. The first-order valence-electron chi connectivity index (χ1n) is 10.3. The molecule has 0 bridgehead atoms. The van der Waals surface area contributed by atoms with Crippen molar-refractivity contribution in [2.75, 3.05) is 52.4 Å². The van der Waals surface area contributed by atoms with Gasteiger partial charge in [-0.15, -0.1) is 0 Å². The Bertz CT molecular complexity index is 427. The van der Waals surface area contributed by atoms with Crippen LogP contribution in [0.1, 0.15) is 44.9 Å². The first-order valence-corrected chi connectivity index (χ1v) is 10.3. The summed E-state index contributed by atoms with van der Waals surface area (Å²) in [5.74, 6) is 1.20. The van der Waals surface area contributed by atoms with Gasteiger partial charge in [-0.25, -0.2) is 0 Å². The lowest BCUT2D eigenvalue weighted by atomic mass is 9.78. The molecule has 0 aromatic rings. The van der Waals surface area contributed by atoms with Crippen LogP contribution in [0.2, 0.25) is 0 Å². The van der Waals surface area contributed by atoms with Gasteiger partial charge < -0.3 is 10.2 Å². The number of hydrogen-bond donors (Lipinski definition) is 1. The number of piperidine rings is 1. The summed E-state index contributed by atoms with van der Waals surface area (Å²) >= 11 is 0. The highest BCUT2D eigenvalue weighted by Gasteiger charge is 2.36. The molecule has 1 aliphatic carbocycles. The Balaban J connectivity index is 1.27. The topological polar surface area (TPSA) is 38.8 Å². The van der Waals surface area contributed by atoms with Crippen molar-refractivity contribution in [1.82, 2.24) is 20.0 Å². The quantitative estimate of drug-likeness (QED) is 0.840. The van der Waals surface area contributed by atoms with Crippen LogP contribution in [0.5, 0.6) is 0 Å². The van der Waals surface area contributed by atoms with Crippen LogP contribution < -0.4 is 5.32 Å². The summed E-state index contributed by atoms with van der Waals surface area (Å²) in [6.45, 7) is 8.36. The first-order chi connectivity index (χ1) is 11.8. The van der Waals surface area contributed by atoms with Crippen LogP contribution in [-0.4, -0.2) is 85.0 Å². The number of likely N-dealkylation sites (tertiary alicyclic amines) is 1. The molecule has 0 aromatic heterocycles. The highest BCUT2D eigenvalue weighted by Crippen LogP contribution is 2.35. The highest BCUT2D eigenvalue weighted by molar-refractivity contribution is 5.78. The molecular weight excluding hydrogens is 300 g/mol. The van der Waals surface area contributed by atoms with Crippen molar-refractivity contribution in [1.29, 1.82) is 0 Å². The maximum absolute atomic E-state index is 12.9. The van der Waals surface area contributed by atoms with E-state index in [9.17, 15) is 4.79 Å². The third-order valence-corrected chi connectivity index (χ3v) is 6.88. The zero-order chi connectivity index (χ0) is 16.4. The lowest BCUT2D eigenvalue weighted by Gasteiger charge is -2.45. The molecule has 4 aliphatic rings. The maximum Gasteiger partial charge on any atom is 0.237 e. The summed E-state index contributed by atoms with van der Waals surface area (Å²) < 4.78 is 0. The van der Waals surface area contributed by atoms with E-state index in [0.29, 0.717) is 18.5 Å². The largest absolute Gasteiger partial charge is 0.338 e. The summed E-state index contributed by atoms with van der Waals surface area (Å²) in [7, 11) is 0. The summed E-state index contributed by atoms with van der Waals surface area (Å²) in [6.07, 6.45) is 9.15. The van der Waals surface area contributed by atoms with Crippen molar-refractivity contribution < 1.29 is 4.79 Å². The molecule has 3 aliphatic heterocycles. The fourth-order valence-corrected chi connectivity index (χ4v) is 5.45. The molecule has 1 amide bonds. The van der Waals surface area contributed by atoms with Crippen molar-refractivity contribution in [2.24, 2.45) is 5.92 Å². The molecule has 24 heavy (non-hydrogen) atoms. The van der Waals surface area contributed by atoms with Crippen LogP contribution >= 0.6 is 0 Å². The van der Waals surface area contributed by atoms with Gasteiger partial charge in [-0.1, -0.05) is 12.8 Å². The van der Waals surface area contributed by atoms with E-state index in [1.807, 2.05) is 0 Å². The van der Waals surface area contributed by atoms with E-state index in [-0.39, 0.29) is 0 Å². The molecule has 0 spiro atoms. The molecule has 3 unspecified atom stereocenters. The van der Waals surface area contributed by atoms with Crippen LogP contribution in [-0.2, 0) is 4.79 Å². The molecule has 0 aromatic carbocycles. The van der Waals surface area contributed by atoms with Gasteiger partial charge in [-0.05, 0) is 44.6 Å². The highest BCUT2D eigenvalue weighted by atomic mass is 16.2. The van der Waals surface area contributed by atoms with E-state index in [2.05, 4.69) is 20.0 Å². The van der Waals surface area contributed by atoms with Gasteiger partial charge in [-0.2, -0.15) is 0 Å². The molecule has 0 radical (unpaired) electrons. The van der Waals surface area contributed by atoms with Crippen molar-refractivity contribution in [3.63, 3.8) is 0 Å². The third kappa shape index (κ3) is 3.63. The van der Waals surface area contributed by atoms with Crippen molar-refractivity contribution in [3.05, 3.63) is 0 Å². The molecule has 1 N–H and O–H groups in total. The van der Waals surface area contributed by atoms with E-state index in [1.54, 1.807) is 0 Å². The number of nitrogens with zero attached hydrogens (tertiary/aromatic N) is 3. The lowest BCUT2D eigenvalue weighted by Crippen LogP contribution is -2.56. The lowest BCUT2D eigenvalue weighted by molar-refractivity contribution is -0.139. The fraction of sp³-hybridized carbons (Fsp3) is 0.947. The Labute approximate surface area is 146 Å². The second-order valence-electron chi connectivity index (χ2n) is 8.30. The third-order valence-electron chi connectivity index (χ3n) is 6.88. The van der Waals surface area contributed by atoms with Gasteiger partial charge in [0.1, 0.15) is 0 Å². The number of rotatable bonds is 3. The predicted octanol–water partition coefficient (Wildman–Crippen LogP) is 1.15. The zero-order valence-corrected chi connectivity index (χ0v) is 15.1. The first kappa shape index (κ1) is 16.8. The SMILES string of the molecule is O=C(CN1CCN(C2CCNC2)CC1)N1CCCC2CCCCC21. The number of carbonyl (C=O) groups excluding carboxylic acids is 1. The van der Waals surface area contributed by atoms with E-state index in [1.165, 1.54) is 51.5 Å². The van der Waals surface area contributed by atoms with Gasteiger partial charge in [0.25, 0.3) is 0 Å². The molecule has 136 valence electrons. The smallest absolute Gasteiger partial charge is 0.237 e. The maximum atomic E-state index is 12.9. The minimum absolute atomic E-state index is 0.405. The van der Waals surface area contributed by atoms with Gasteiger partial charge in [0, 0.05) is 51.4 Å². The summed E-state index contributed by atoms with van der Waals surface area (Å²) in [5.41, 5.74) is 0. The van der Waals surface area contributed by atoms with Crippen LogP contribution in [0.25, 0.3) is 0 Å². The monoisotopic (exact) mass is 334 g/mol. The second-order valence-corrected chi connectivity index (χ2v) is 8.30. The molecule has 3 heterocycles. The summed E-state index contributed by atoms with van der Waals surface area (Å²) in [5, 5.41) is 3.47. The number of hydrogen-bond acceptors (Lipinski definition) is 4. The Kier molecular flexibility index (Phi) is 5.40. The minimum Gasteiger partial charge on any atom is -0.338 e. The number of nitrogens with one attached hydrogen (secondary N) is 1. The van der Waals surface area contributed by atoms with Gasteiger partial charge in [-0.3, -0.25) is 14.6 Å². The fourth-order valence-electron chi connectivity index (χ4n) is 5.45. The zero-order valence-electron chi connectivity index (χ0n) is 15.1. The molecular formula is C19H34N4O. The number of piperazine rings is 1. The van der Waals surface area contributed by atoms with Crippen LogP contribution in [0.4, 0.5) is 0 Å². The Morgan fingerprint density at radius 3 is 2.50 bits per heavy atom. The van der Waals surface area contributed by atoms with E-state index >= 15 is 0 Å². The molecule has 5 heteroatoms. The van der Waals surface area contributed by atoms with E-state index < -0.39 is 0 Å². The second kappa shape index (κ2) is 7.71. The Hall–Kier alpha value is -0.650. The van der Waals surface area contributed by atoms with Gasteiger partial charge in [0.05, 0.1) is 6.54 Å². The predicted molar refractivity (Wildman–Crippen MR) is 96.0 cm³/mol. The summed E-state index contributed by atoms with van der Waals surface area (Å²) in [6, 6.07) is 1.29. The normalized spacial score (nSPS) is 35.8. The molecule has 3 atom stereocenters. The van der Waals surface area contributed by atoms with Gasteiger partial charge in [0.2, 0.25) is 5.91 Å². The van der Waals surface area contributed by atoms with E-state index in [4.69, 9.17) is 0 Å². The van der Waals surface area contributed by atoms with Crippen molar-refractivity contribution >= 4 is 5.91 Å². The van der Waals surface area contributed by atoms with Gasteiger partial charge in [0.15, 0.2) is 0 Å².